The molecule has 90 valence electrons. The Labute approximate surface area is 104 Å². The number of carboxylic acids is 1. The van der Waals surface area contributed by atoms with E-state index in [9.17, 15) is 4.79 Å². The lowest BCUT2D eigenvalue weighted by atomic mass is 9.73. The second-order valence-corrected chi connectivity index (χ2v) is 5.38. The minimum Gasteiger partial charge on any atom is -0.481 e. The van der Waals surface area contributed by atoms with Crippen molar-refractivity contribution < 1.29 is 14.6 Å². The van der Waals surface area contributed by atoms with E-state index in [-0.39, 0.29) is 17.3 Å². The van der Waals surface area contributed by atoms with E-state index >= 15 is 0 Å². The third-order valence-electron chi connectivity index (χ3n) is 3.96. The highest BCUT2D eigenvalue weighted by Gasteiger charge is 2.60. The van der Waals surface area contributed by atoms with E-state index in [0.29, 0.717) is 18.2 Å². The largest absolute Gasteiger partial charge is 0.481 e. The van der Waals surface area contributed by atoms with E-state index in [4.69, 9.17) is 21.4 Å². The molecule has 0 amide bonds. The summed E-state index contributed by atoms with van der Waals surface area (Å²) in [5, 5.41) is 9.74. The molecule has 1 N–H and O–H groups in total. The van der Waals surface area contributed by atoms with Crippen molar-refractivity contribution in [1.82, 2.24) is 0 Å². The molecule has 1 heterocycles. The summed E-state index contributed by atoms with van der Waals surface area (Å²) in [5.74, 6) is -0.667. The van der Waals surface area contributed by atoms with Crippen LogP contribution in [0.15, 0.2) is 24.3 Å². The number of aliphatic carboxylic acids is 1. The highest BCUT2D eigenvalue weighted by Crippen LogP contribution is 2.55. The van der Waals surface area contributed by atoms with Gasteiger partial charge in [0.05, 0.1) is 19.1 Å². The average Bonchev–Trinajstić information content (AvgIpc) is 3.00. The third-order valence-corrected chi connectivity index (χ3v) is 4.21. The maximum atomic E-state index is 11.0. The van der Waals surface area contributed by atoms with Gasteiger partial charge in [-0.05, 0) is 30.0 Å². The van der Waals surface area contributed by atoms with Gasteiger partial charge in [0.1, 0.15) is 0 Å². The maximum Gasteiger partial charge on any atom is 0.306 e. The number of hydrogen-bond acceptors (Lipinski definition) is 2. The van der Waals surface area contributed by atoms with Crippen LogP contribution < -0.4 is 0 Å². The van der Waals surface area contributed by atoms with Crippen LogP contribution in [0.1, 0.15) is 12.0 Å². The van der Waals surface area contributed by atoms with Gasteiger partial charge in [0.25, 0.3) is 0 Å². The Hall–Kier alpha value is -1.06. The van der Waals surface area contributed by atoms with E-state index in [2.05, 4.69) is 0 Å². The summed E-state index contributed by atoms with van der Waals surface area (Å²) in [6.07, 6.45) is 0.765. The van der Waals surface area contributed by atoms with Crippen LogP contribution in [-0.2, 0) is 14.9 Å². The van der Waals surface area contributed by atoms with Crippen molar-refractivity contribution in [2.45, 2.75) is 11.8 Å². The zero-order chi connectivity index (χ0) is 12.0. The molecule has 1 saturated heterocycles. The van der Waals surface area contributed by atoms with E-state index in [1.165, 1.54) is 0 Å². The predicted octanol–water partition coefficient (Wildman–Crippen LogP) is 2.33. The zero-order valence-corrected chi connectivity index (χ0v) is 9.98. The fourth-order valence-electron chi connectivity index (χ4n) is 2.78. The molecule has 2 unspecified atom stereocenters. The van der Waals surface area contributed by atoms with Crippen molar-refractivity contribution >= 4 is 17.6 Å². The summed E-state index contributed by atoms with van der Waals surface area (Å²) in [6.45, 7) is 1.26. The number of carbonyl (C=O) groups is 1. The van der Waals surface area contributed by atoms with Crippen LogP contribution in [0.5, 0.6) is 0 Å². The van der Waals surface area contributed by atoms with Crippen LogP contribution in [0, 0.1) is 11.8 Å². The molecule has 0 spiro atoms. The summed E-state index contributed by atoms with van der Waals surface area (Å²) in [7, 11) is 0. The Morgan fingerprint density at radius 3 is 2.41 bits per heavy atom. The molecular formula is C13H13ClO3. The summed E-state index contributed by atoms with van der Waals surface area (Å²) >= 11 is 5.87. The molecule has 0 radical (unpaired) electrons. The van der Waals surface area contributed by atoms with Crippen LogP contribution >= 0.6 is 11.6 Å². The van der Waals surface area contributed by atoms with Gasteiger partial charge in [0, 0.05) is 10.4 Å². The van der Waals surface area contributed by atoms with Crippen molar-refractivity contribution in [3.63, 3.8) is 0 Å². The Balaban J connectivity index is 1.88. The molecule has 1 saturated carbocycles. The smallest absolute Gasteiger partial charge is 0.306 e. The monoisotopic (exact) mass is 252 g/mol. The number of ether oxygens (including phenoxy) is 1. The number of hydrogen-bond donors (Lipinski definition) is 1. The Morgan fingerprint density at radius 1 is 1.35 bits per heavy atom. The van der Waals surface area contributed by atoms with E-state index in [0.717, 1.165) is 12.0 Å². The van der Waals surface area contributed by atoms with Crippen molar-refractivity contribution in [2.24, 2.45) is 11.8 Å². The first kappa shape index (κ1) is 11.1. The van der Waals surface area contributed by atoms with E-state index < -0.39 is 5.97 Å². The number of rotatable bonds is 3. The highest BCUT2D eigenvalue weighted by atomic mass is 35.5. The summed E-state index contributed by atoms with van der Waals surface area (Å²) in [5.41, 5.74) is 1.06. The molecule has 3 nitrogen and oxygen atoms in total. The first-order valence-electron chi connectivity index (χ1n) is 5.70. The summed E-state index contributed by atoms with van der Waals surface area (Å²) in [4.78, 5) is 11.0. The van der Waals surface area contributed by atoms with Gasteiger partial charge in [-0.3, -0.25) is 4.79 Å². The van der Waals surface area contributed by atoms with Gasteiger partial charge in [-0.1, -0.05) is 23.7 Å². The SMILES string of the molecule is O=C(O)C1CC1C1(c2ccc(Cl)cc2)COC1. The molecule has 3 rings (SSSR count). The standard InChI is InChI=1S/C13H13ClO3/c14-9-3-1-8(2-4-9)13(6-17-7-13)11-5-10(11)12(15)16/h1-4,10-11H,5-7H2,(H,15,16). The quantitative estimate of drug-likeness (QED) is 0.898. The van der Waals surface area contributed by atoms with Crippen molar-refractivity contribution in [3.05, 3.63) is 34.9 Å². The number of carboxylic acid groups (broad SMARTS) is 1. The van der Waals surface area contributed by atoms with Gasteiger partial charge < -0.3 is 9.84 Å². The number of halogens is 1. The molecular weight excluding hydrogens is 240 g/mol. The molecule has 1 aromatic carbocycles. The second kappa shape index (κ2) is 3.72. The van der Waals surface area contributed by atoms with Crippen LogP contribution in [0.25, 0.3) is 0 Å². The van der Waals surface area contributed by atoms with Crippen LogP contribution in [0.3, 0.4) is 0 Å². The van der Waals surface area contributed by atoms with Crippen LogP contribution in [0.4, 0.5) is 0 Å². The molecule has 1 aliphatic heterocycles. The molecule has 17 heavy (non-hydrogen) atoms. The minimum atomic E-state index is -0.685. The topological polar surface area (TPSA) is 46.5 Å². The first-order chi connectivity index (χ1) is 8.13. The maximum absolute atomic E-state index is 11.0. The summed E-state index contributed by atoms with van der Waals surface area (Å²) < 4.78 is 5.33. The van der Waals surface area contributed by atoms with Crippen LogP contribution in [0.2, 0.25) is 5.02 Å². The normalized spacial score (nSPS) is 29.5. The fraction of sp³-hybridized carbons (Fsp3) is 0.462. The second-order valence-electron chi connectivity index (χ2n) is 4.94. The first-order valence-corrected chi connectivity index (χ1v) is 6.08. The molecule has 1 aliphatic carbocycles. The highest BCUT2D eigenvalue weighted by molar-refractivity contribution is 6.30. The lowest BCUT2D eigenvalue weighted by molar-refractivity contribution is -0.140. The van der Waals surface area contributed by atoms with Crippen molar-refractivity contribution in [2.75, 3.05) is 13.2 Å². The molecule has 0 bridgehead atoms. The van der Waals surface area contributed by atoms with Gasteiger partial charge in [0.15, 0.2) is 0 Å². The molecule has 2 fully saturated rings. The average molecular weight is 253 g/mol. The van der Waals surface area contributed by atoms with Crippen LogP contribution in [-0.4, -0.2) is 24.3 Å². The molecule has 2 aliphatic rings. The van der Waals surface area contributed by atoms with Gasteiger partial charge in [-0.2, -0.15) is 0 Å². The van der Waals surface area contributed by atoms with Gasteiger partial charge >= 0.3 is 5.97 Å². The Bertz CT molecular complexity index is 450. The van der Waals surface area contributed by atoms with Crippen molar-refractivity contribution in [3.8, 4) is 0 Å². The Morgan fingerprint density at radius 2 is 2.00 bits per heavy atom. The lowest BCUT2D eigenvalue weighted by Gasteiger charge is -2.42. The molecule has 1 aromatic rings. The fourth-order valence-corrected chi connectivity index (χ4v) is 2.90. The van der Waals surface area contributed by atoms with E-state index in [1.807, 2.05) is 24.3 Å². The van der Waals surface area contributed by atoms with Crippen molar-refractivity contribution in [1.29, 1.82) is 0 Å². The van der Waals surface area contributed by atoms with Gasteiger partial charge in [-0.25, -0.2) is 0 Å². The minimum absolute atomic E-state index is 0.0896. The predicted molar refractivity (Wildman–Crippen MR) is 63.2 cm³/mol. The van der Waals surface area contributed by atoms with E-state index in [1.54, 1.807) is 0 Å². The lowest BCUT2D eigenvalue weighted by Crippen LogP contribution is -2.49. The van der Waals surface area contributed by atoms with Gasteiger partial charge in [-0.15, -0.1) is 0 Å². The molecule has 2 atom stereocenters. The Kier molecular flexibility index (Phi) is 2.42. The third kappa shape index (κ3) is 1.65. The zero-order valence-electron chi connectivity index (χ0n) is 9.23. The number of benzene rings is 1. The van der Waals surface area contributed by atoms with Gasteiger partial charge in [0.2, 0.25) is 0 Å². The molecule has 4 heteroatoms. The molecule has 0 aromatic heterocycles. The summed E-state index contributed by atoms with van der Waals surface area (Å²) in [6, 6.07) is 7.69.